The van der Waals surface area contributed by atoms with Crippen LogP contribution in [0.1, 0.15) is 28.4 Å². The van der Waals surface area contributed by atoms with Gasteiger partial charge in [-0.25, -0.2) is 0 Å². The van der Waals surface area contributed by atoms with Gasteiger partial charge in [-0.3, -0.25) is 9.59 Å². The van der Waals surface area contributed by atoms with Crippen LogP contribution < -0.4 is 10.1 Å². The summed E-state index contributed by atoms with van der Waals surface area (Å²) >= 11 is 1.56. The Morgan fingerprint density at radius 3 is 2.79 bits per heavy atom. The first kappa shape index (κ1) is 16.6. The topological polar surface area (TPSA) is 55.4 Å². The van der Waals surface area contributed by atoms with Gasteiger partial charge in [-0.2, -0.15) is 0 Å². The molecule has 3 rings (SSSR count). The molecule has 0 radical (unpaired) electrons. The Morgan fingerprint density at radius 2 is 2.00 bits per heavy atom. The molecule has 0 aliphatic carbocycles. The van der Waals surface area contributed by atoms with Crippen molar-refractivity contribution in [1.29, 1.82) is 0 Å². The molecule has 1 atom stereocenters. The number of hydrogen-bond donors (Lipinski definition) is 1. The molecule has 4 nitrogen and oxygen atoms in total. The maximum absolute atomic E-state index is 12.7. The minimum atomic E-state index is -0.219. The van der Waals surface area contributed by atoms with Gasteiger partial charge in [0.1, 0.15) is 5.75 Å². The summed E-state index contributed by atoms with van der Waals surface area (Å²) in [7, 11) is 0. The number of fused-ring (bicyclic) bond motifs is 1. The maximum atomic E-state index is 12.7. The van der Waals surface area contributed by atoms with Gasteiger partial charge in [-0.1, -0.05) is 17.7 Å². The molecular weight excluding hydrogens is 322 g/mol. The number of nitrogens with one attached hydrogen (secondary N) is 1. The lowest BCUT2D eigenvalue weighted by molar-refractivity contribution is -0.118. The van der Waals surface area contributed by atoms with E-state index < -0.39 is 0 Å². The maximum Gasteiger partial charge on any atom is 0.262 e. The Kier molecular flexibility index (Phi) is 4.62. The van der Waals surface area contributed by atoms with Crippen LogP contribution in [0.3, 0.4) is 0 Å². The van der Waals surface area contributed by atoms with Gasteiger partial charge in [0.05, 0.1) is 10.9 Å². The van der Waals surface area contributed by atoms with E-state index in [4.69, 9.17) is 4.74 Å². The summed E-state index contributed by atoms with van der Waals surface area (Å²) in [6.07, 6.45) is 0. The van der Waals surface area contributed by atoms with Gasteiger partial charge in [0, 0.05) is 10.5 Å². The second kappa shape index (κ2) is 6.69. The third kappa shape index (κ3) is 3.46. The highest BCUT2D eigenvalue weighted by Gasteiger charge is 2.21. The molecule has 1 aliphatic heterocycles. The van der Waals surface area contributed by atoms with Crippen molar-refractivity contribution in [3.63, 3.8) is 0 Å². The number of hydrogen-bond acceptors (Lipinski definition) is 4. The van der Waals surface area contributed by atoms with Crippen molar-refractivity contribution >= 4 is 29.1 Å². The van der Waals surface area contributed by atoms with Crippen molar-refractivity contribution in [2.24, 2.45) is 0 Å². The summed E-state index contributed by atoms with van der Waals surface area (Å²) in [5, 5.41) is 2.52. The van der Waals surface area contributed by atoms with Crippen LogP contribution >= 0.6 is 11.8 Å². The first-order valence-electron chi connectivity index (χ1n) is 7.79. The first-order valence-corrected chi connectivity index (χ1v) is 8.67. The van der Waals surface area contributed by atoms with E-state index in [-0.39, 0.29) is 23.5 Å². The van der Waals surface area contributed by atoms with Crippen molar-refractivity contribution in [3.05, 3.63) is 53.1 Å². The SMILES string of the molecule is Cc1ccc(C)c(S[C@@H](C)C(=O)c2ccc3c(c2)NC(=O)CO3)c1. The van der Waals surface area contributed by atoms with Gasteiger partial charge in [0.25, 0.3) is 5.91 Å². The Hall–Kier alpha value is -2.27. The van der Waals surface area contributed by atoms with E-state index in [1.807, 2.05) is 20.8 Å². The Morgan fingerprint density at radius 1 is 1.21 bits per heavy atom. The van der Waals surface area contributed by atoms with Crippen molar-refractivity contribution in [2.75, 3.05) is 11.9 Å². The van der Waals surface area contributed by atoms with E-state index >= 15 is 0 Å². The highest BCUT2D eigenvalue weighted by Crippen LogP contribution is 2.32. The van der Waals surface area contributed by atoms with Gasteiger partial charge in [0.15, 0.2) is 12.4 Å². The van der Waals surface area contributed by atoms with Crippen LogP contribution in [-0.2, 0) is 4.79 Å². The highest BCUT2D eigenvalue weighted by molar-refractivity contribution is 8.00. The molecule has 5 heteroatoms. The Balaban J connectivity index is 1.79. The average molecular weight is 341 g/mol. The predicted octanol–water partition coefficient (Wildman–Crippen LogP) is 4.00. The van der Waals surface area contributed by atoms with Crippen molar-refractivity contribution in [1.82, 2.24) is 0 Å². The van der Waals surface area contributed by atoms with E-state index in [0.717, 1.165) is 10.5 Å². The summed E-state index contributed by atoms with van der Waals surface area (Å²) in [6, 6.07) is 11.4. The van der Waals surface area contributed by atoms with Gasteiger partial charge in [-0.05, 0) is 50.6 Å². The van der Waals surface area contributed by atoms with Crippen molar-refractivity contribution in [2.45, 2.75) is 30.9 Å². The molecule has 0 saturated heterocycles. The number of benzene rings is 2. The summed E-state index contributed by atoms with van der Waals surface area (Å²) < 4.78 is 5.33. The summed E-state index contributed by atoms with van der Waals surface area (Å²) in [5.41, 5.74) is 3.47. The van der Waals surface area contributed by atoms with Crippen LogP contribution in [0.4, 0.5) is 5.69 Å². The minimum absolute atomic E-state index is 0.0131. The molecule has 2 aromatic rings. The molecule has 0 saturated carbocycles. The summed E-state index contributed by atoms with van der Waals surface area (Å²) in [5.74, 6) is 0.425. The van der Waals surface area contributed by atoms with E-state index in [1.165, 1.54) is 5.56 Å². The molecule has 124 valence electrons. The number of carbonyl (C=O) groups excluding carboxylic acids is 2. The van der Waals surface area contributed by atoms with Crippen LogP contribution in [0.5, 0.6) is 5.75 Å². The molecule has 2 aromatic carbocycles. The normalized spacial score (nSPS) is 14.4. The van der Waals surface area contributed by atoms with Gasteiger partial charge >= 0.3 is 0 Å². The zero-order valence-corrected chi connectivity index (χ0v) is 14.7. The van der Waals surface area contributed by atoms with Crippen LogP contribution in [-0.4, -0.2) is 23.5 Å². The molecule has 0 bridgehead atoms. The second-order valence-corrected chi connectivity index (χ2v) is 7.32. The zero-order chi connectivity index (χ0) is 17.3. The van der Waals surface area contributed by atoms with E-state index in [0.29, 0.717) is 17.0 Å². The molecule has 0 aromatic heterocycles. The zero-order valence-electron chi connectivity index (χ0n) is 13.9. The van der Waals surface area contributed by atoms with E-state index in [9.17, 15) is 9.59 Å². The number of Topliss-reactive ketones (excluding diaryl/α,β-unsaturated/α-hetero) is 1. The molecule has 0 unspecified atom stereocenters. The molecule has 1 amide bonds. The number of ether oxygens (including phenoxy) is 1. The Bertz CT molecular complexity index is 816. The minimum Gasteiger partial charge on any atom is -0.482 e. The molecular formula is C19H19NO3S. The number of amides is 1. The van der Waals surface area contributed by atoms with Crippen LogP contribution in [0.15, 0.2) is 41.3 Å². The largest absolute Gasteiger partial charge is 0.482 e. The average Bonchev–Trinajstić information content (AvgIpc) is 2.56. The van der Waals surface area contributed by atoms with Crippen LogP contribution in [0.25, 0.3) is 0 Å². The number of ketones is 1. The fourth-order valence-corrected chi connectivity index (χ4v) is 3.68. The molecule has 0 spiro atoms. The number of aryl methyl sites for hydroxylation is 2. The lowest BCUT2D eigenvalue weighted by atomic mass is 10.1. The molecule has 0 fully saturated rings. The predicted molar refractivity (Wildman–Crippen MR) is 96.1 cm³/mol. The smallest absolute Gasteiger partial charge is 0.262 e. The third-order valence-electron chi connectivity index (χ3n) is 3.91. The number of anilines is 1. The lowest BCUT2D eigenvalue weighted by Gasteiger charge is -2.19. The molecule has 1 heterocycles. The van der Waals surface area contributed by atoms with Crippen molar-refractivity contribution in [3.8, 4) is 5.75 Å². The summed E-state index contributed by atoms with van der Waals surface area (Å²) in [6.45, 7) is 6.01. The van der Waals surface area contributed by atoms with Gasteiger partial charge in [-0.15, -0.1) is 11.8 Å². The number of carbonyl (C=O) groups is 2. The monoisotopic (exact) mass is 341 g/mol. The van der Waals surface area contributed by atoms with Crippen molar-refractivity contribution < 1.29 is 14.3 Å². The summed E-state index contributed by atoms with van der Waals surface area (Å²) in [4.78, 5) is 25.3. The van der Waals surface area contributed by atoms with Crippen LogP contribution in [0.2, 0.25) is 0 Å². The molecule has 1 N–H and O–H groups in total. The lowest BCUT2D eigenvalue weighted by Crippen LogP contribution is -2.25. The van der Waals surface area contributed by atoms with Gasteiger partial charge in [0.2, 0.25) is 0 Å². The third-order valence-corrected chi connectivity index (χ3v) is 5.17. The van der Waals surface area contributed by atoms with Gasteiger partial charge < -0.3 is 10.1 Å². The van der Waals surface area contributed by atoms with Crippen LogP contribution in [0, 0.1) is 13.8 Å². The molecule has 24 heavy (non-hydrogen) atoms. The van der Waals surface area contributed by atoms with E-state index in [2.05, 4.69) is 23.5 Å². The highest BCUT2D eigenvalue weighted by atomic mass is 32.2. The standard InChI is InChI=1S/C19H19NO3S/c1-11-4-5-12(2)17(8-11)24-13(3)19(22)14-6-7-16-15(9-14)20-18(21)10-23-16/h4-9,13H,10H2,1-3H3,(H,20,21)/t13-/m0/s1. The molecule has 1 aliphatic rings. The first-order chi connectivity index (χ1) is 11.4. The second-order valence-electron chi connectivity index (χ2n) is 5.94. The Labute approximate surface area is 145 Å². The quantitative estimate of drug-likeness (QED) is 0.675. The number of thioether (sulfide) groups is 1. The number of rotatable bonds is 4. The fourth-order valence-electron chi connectivity index (χ4n) is 2.55. The van der Waals surface area contributed by atoms with E-state index in [1.54, 1.807) is 30.0 Å². The fraction of sp³-hybridized carbons (Fsp3) is 0.263.